The molecule has 0 aliphatic carbocycles. The number of hydrogen-bond acceptors (Lipinski definition) is 7. The van der Waals surface area contributed by atoms with Crippen molar-refractivity contribution in [2.45, 2.75) is 0 Å². The van der Waals surface area contributed by atoms with Crippen LogP contribution in [0.3, 0.4) is 0 Å². The summed E-state index contributed by atoms with van der Waals surface area (Å²) >= 11 is 0. The Morgan fingerprint density at radius 1 is 0.946 bits per heavy atom. The highest BCUT2D eigenvalue weighted by atomic mass is 16.5. The minimum atomic E-state index is -0.344. The maximum absolute atomic E-state index is 13.5. The molecule has 0 bridgehead atoms. The lowest BCUT2D eigenvalue weighted by Gasteiger charge is -2.06. The lowest BCUT2D eigenvalue weighted by Crippen LogP contribution is -2.20. The highest BCUT2D eigenvalue weighted by molar-refractivity contribution is 5.88. The van der Waals surface area contributed by atoms with Gasteiger partial charge >= 0.3 is 0 Å². The summed E-state index contributed by atoms with van der Waals surface area (Å²) in [6, 6.07) is 27.1. The average molecular weight is 486 g/mol. The Morgan fingerprint density at radius 3 is 2.59 bits per heavy atom. The fraction of sp³-hybridized carbons (Fsp3) is 0.0345. The molecule has 3 aromatic heterocycles. The molecule has 0 unspecified atom stereocenters. The van der Waals surface area contributed by atoms with Crippen LogP contribution < -0.4 is 10.3 Å². The second kappa shape index (κ2) is 8.98. The molecule has 0 saturated heterocycles. The van der Waals surface area contributed by atoms with Gasteiger partial charge in [-0.15, -0.1) is 0 Å². The molecule has 6 rings (SSSR count). The Morgan fingerprint density at radius 2 is 1.78 bits per heavy atom. The van der Waals surface area contributed by atoms with Crippen LogP contribution >= 0.6 is 0 Å². The predicted octanol–water partition coefficient (Wildman–Crippen LogP) is 5.83. The van der Waals surface area contributed by atoms with E-state index in [1.807, 2.05) is 36.4 Å². The fourth-order valence-electron chi connectivity index (χ4n) is 4.11. The quantitative estimate of drug-likeness (QED) is 0.284. The summed E-state index contributed by atoms with van der Waals surface area (Å²) in [5.41, 5.74) is 2.17. The van der Waals surface area contributed by atoms with Crippen molar-refractivity contribution in [3.05, 3.63) is 107 Å². The van der Waals surface area contributed by atoms with Crippen LogP contribution in [0.2, 0.25) is 0 Å². The number of furan rings is 2. The molecule has 0 spiro atoms. The first-order chi connectivity index (χ1) is 18.1. The van der Waals surface area contributed by atoms with E-state index in [1.165, 1.54) is 10.9 Å². The highest BCUT2D eigenvalue weighted by Crippen LogP contribution is 2.33. The van der Waals surface area contributed by atoms with Gasteiger partial charge in [-0.3, -0.25) is 4.79 Å². The molecule has 0 radical (unpaired) electrons. The van der Waals surface area contributed by atoms with E-state index in [0.29, 0.717) is 45.1 Å². The first-order valence-corrected chi connectivity index (χ1v) is 11.4. The van der Waals surface area contributed by atoms with E-state index in [1.54, 1.807) is 55.6 Å². The normalized spacial score (nSPS) is 11.4. The van der Waals surface area contributed by atoms with Crippen molar-refractivity contribution in [2.75, 3.05) is 7.11 Å². The zero-order chi connectivity index (χ0) is 25.4. The lowest BCUT2D eigenvalue weighted by atomic mass is 10.1. The number of hydrogen-bond donors (Lipinski definition) is 0. The van der Waals surface area contributed by atoms with Crippen LogP contribution in [-0.4, -0.2) is 23.0 Å². The van der Waals surface area contributed by atoms with Gasteiger partial charge < -0.3 is 13.6 Å². The zero-order valence-electron chi connectivity index (χ0n) is 19.6. The summed E-state index contributed by atoms with van der Waals surface area (Å²) < 4.78 is 18.6. The van der Waals surface area contributed by atoms with Crippen LogP contribution in [0.15, 0.2) is 104 Å². The molecule has 6 aromatic rings. The molecule has 8 nitrogen and oxygen atoms in total. The van der Waals surface area contributed by atoms with Crippen LogP contribution in [-0.2, 0) is 0 Å². The third-order valence-corrected chi connectivity index (χ3v) is 5.94. The van der Waals surface area contributed by atoms with Gasteiger partial charge in [-0.25, -0.2) is 4.98 Å². The molecule has 0 saturated carbocycles. The van der Waals surface area contributed by atoms with Crippen molar-refractivity contribution in [1.29, 1.82) is 5.26 Å². The molecule has 8 heteroatoms. The maximum Gasteiger partial charge on any atom is 0.282 e. The summed E-state index contributed by atoms with van der Waals surface area (Å²) in [5.74, 6) is 2.32. The van der Waals surface area contributed by atoms with Crippen LogP contribution in [0.5, 0.6) is 5.75 Å². The first-order valence-electron chi connectivity index (χ1n) is 11.4. The number of para-hydroxylation sites is 1. The van der Waals surface area contributed by atoms with E-state index < -0.39 is 0 Å². The number of benzene rings is 3. The van der Waals surface area contributed by atoms with Crippen molar-refractivity contribution >= 4 is 28.1 Å². The largest absolute Gasteiger partial charge is 0.496 e. The molecular weight excluding hydrogens is 468 g/mol. The SMILES string of the molecule is COc1cccc2oc(-c3nc4ccccc4c(=O)n3N=Cc3ccc(-c4ccc(C#N)cc4)o3)cc12. The number of rotatable bonds is 5. The van der Waals surface area contributed by atoms with Crippen LogP contribution in [0, 0.1) is 11.3 Å². The van der Waals surface area contributed by atoms with Gasteiger partial charge in [0.05, 0.1) is 41.2 Å². The Labute approximate surface area is 210 Å². The van der Waals surface area contributed by atoms with Crippen molar-refractivity contribution in [1.82, 2.24) is 9.66 Å². The Bertz CT molecular complexity index is 1900. The van der Waals surface area contributed by atoms with E-state index in [0.717, 1.165) is 10.9 Å². The second-order valence-electron chi connectivity index (χ2n) is 8.19. The number of nitriles is 1. The van der Waals surface area contributed by atoms with E-state index in [-0.39, 0.29) is 11.4 Å². The van der Waals surface area contributed by atoms with E-state index in [9.17, 15) is 4.79 Å². The van der Waals surface area contributed by atoms with Crippen molar-refractivity contribution in [3.63, 3.8) is 0 Å². The van der Waals surface area contributed by atoms with Gasteiger partial charge in [-0.1, -0.05) is 18.2 Å². The van der Waals surface area contributed by atoms with E-state index in [2.05, 4.69) is 11.2 Å². The minimum absolute atomic E-state index is 0.247. The third-order valence-electron chi connectivity index (χ3n) is 5.94. The topological polar surface area (TPSA) is 107 Å². The molecule has 0 fully saturated rings. The Kier molecular flexibility index (Phi) is 5.36. The standard InChI is InChI=1S/C29H18N4O4/c1-35-25-7-4-8-26-22(25)15-27(37-26)28-32-23-6-3-2-5-21(23)29(34)33(28)31-17-20-13-14-24(36-20)19-11-9-18(16-30)10-12-19/h2-15,17H,1H3. The first kappa shape index (κ1) is 22.1. The lowest BCUT2D eigenvalue weighted by molar-refractivity contribution is 0.419. The Hall–Kier alpha value is -5.42. The zero-order valence-corrected chi connectivity index (χ0v) is 19.6. The van der Waals surface area contributed by atoms with Crippen molar-refractivity contribution < 1.29 is 13.6 Å². The summed E-state index contributed by atoms with van der Waals surface area (Å²) in [6.07, 6.45) is 1.46. The summed E-state index contributed by atoms with van der Waals surface area (Å²) in [6.45, 7) is 0. The van der Waals surface area contributed by atoms with Gasteiger partial charge in [0, 0.05) is 5.56 Å². The number of aromatic nitrogens is 2. The van der Waals surface area contributed by atoms with E-state index in [4.69, 9.17) is 23.8 Å². The minimum Gasteiger partial charge on any atom is -0.496 e. The van der Waals surface area contributed by atoms with Gasteiger partial charge in [0.1, 0.15) is 22.9 Å². The van der Waals surface area contributed by atoms with Crippen molar-refractivity contribution in [3.8, 4) is 34.7 Å². The van der Waals surface area contributed by atoms with Gasteiger partial charge in [0.15, 0.2) is 5.76 Å². The van der Waals surface area contributed by atoms with Crippen LogP contribution in [0.1, 0.15) is 11.3 Å². The number of methoxy groups -OCH3 is 1. The Balaban J connectivity index is 1.45. The van der Waals surface area contributed by atoms with Gasteiger partial charge in [0.25, 0.3) is 5.56 Å². The average Bonchev–Trinajstić information content (AvgIpc) is 3.60. The summed E-state index contributed by atoms with van der Waals surface area (Å²) in [5, 5.41) is 14.6. The predicted molar refractivity (Wildman–Crippen MR) is 140 cm³/mol. The van der Waals surface area contributed by atoms with Crippen molar-refractivity contribution in [2.24, 2.45) is 5.10 Å². The number of ether oxygens (including phenoxy) is 1. The van der Waals surface area contributed by atoms with Crippen LogP contribution in [0.25, 0.3) is 44.8 Å². The molecule has 0 amide bonds. The van der Waals surface area contributed by atoms with Gasteiger partial charge in [-0.05, 0) is 66.7 Å². The smallest absolute Gasteiger partial charge is 0.282 e. The fourth-order valence-corrected chi connectivity index (χ4v) is 4.11. The van der Waals surface area contributed by atoms with Gasteiger partial charge in [0.2, 0.25) is 5.82 Å². The second-order valence-corrected chi connectivity index (χ2v) is 8.19. The molecule has 0 aliphatic rings. The van der Waals surface area contributed by atoms with Crippen LogP contribution in [0.4, 0.5) is 0 Å². The molecule has 0 N–H and O–H groups in total. The van der Waals surface area contributed by atoms with E-state index >= 15 is 0 Å². The monoisotopic (exact) mass is 486 g/mol. The molecule has 0 atom stereocenters. The highest BCUT2D eigenvalue weighted by Gasteiger charge is 2.18. The van der Waals surface area contributed by atoms with Gasteiger partial charge in [-0.2, -0.15) is 15.0 Å². The summed E-state index contributed by atoms with van der Waals surface area (Å²) in [4.78, 5) is 18.2. The number of nitrogens with zero attached hydrogens (tertiary/aromatic N) is 4. The summed E-state index contributed by atoms with van der Waals surface area (Å²) in [7, 11) is 1.59. The molecule has 0 aliphatic heterocycles. The molecule has 3 heterocycles. The molecule has 3 aromatic carbocycles. The molecule has 37 heavy (non-hydrogen) atoms. The number of fused-ring (bicyclic) bond motifs is 2. The molecule has 178 valence electrons. The maximum atomic E-state index is 13.5. The third kappa shape index (κ3) is 3.94. The molecular formula is C29H18N4O4.